The van der Waals surface area contributed by atoms with E-state index in [4.69, 9.17) is 5.26 Å². The van der Waals surface area contributed by atoms with Crippen LogP contribution in [-0.4, -0.2) is 16.7 Å². The van der Waals surface area contributed by atoms with Crippen molar-refractivity contribution in [3.05, 3.63) is 47.2 Å². The van der Waals surface area contributed by atoms with Crippen molar-refractivity contribution >= 4 is 11.8 Å². The molecule has 0 N–H and O–H groups in total. The molecule has 2 amide bonds. The third-order valence-electron chi connectivity index (χ3n) is 2.42. The molecule has 4 heteroatoms. The molecule has 0 atom stereocenters. The molecule has 0 aliphatic carbocycles. The standard InChI is InChI=1S/C12H8N2O2/c1-2-8(7-13)14-11(15)9-5-3-4-6-10(9)12(14)16/h2-6H,1H3/b8-2+. The van der Waals surface area contributed by atoms with Crippen LogP contribution in [0.5, 0.6) is 0 Å². The van der Waals surface area contributed by atoms with Gasteiger partial charge in [-0.05, 0) is 19.1 Å². The van der Waals surface area contributed by atoms with Crippen molar-refractivity contribution in [1.82, 2.24) is 4.90 Å². The van der Waals surface area contributed by atoms with Crippen LogP contribution in [0.4, 0.5) is 0 Å². The molecule has 16 heavy (non-hydrogen) atoms. The number of hydrogen-bond acceptors (Lipinski definition) is 3. The van der Waals surface area contributed by atoms with Gasteiger partial charge in [-0.1, -0.05) is 18.2 Å². The van der Waals surface area contributed by atoms with Crippen molar-refractivity contribution in [3.63, 3.8) is 0 Å². The summed E-state index contributed by atoms with van der Waals surface area (Å²) in [5, 5.41) is 8.84. The van der Waals surface area contributed by atoms with Crippen molar-refractivity contribution in [2.45, 2.75) is 6.92 Å². The first kappa shape index (κ1) is 10.1. The van der Waals surface area contributed by atoms with E-state index >= 15 is 0 Å². The largest absolute Gasteiger partial charge is 0.268 e. The Morgan fingerprint density at radius 2 is 1.75 bits per heavy atom. The second-order valence-electron chi connectivity index (χ2n) is 3.28. The summed E-state index contributed by atoms with van der Waals surface area (Å²) < 4.78 is 0. The lowest BCUT2D eigenvalue weighted by Crippen LogP contribution is -2.28. The normalized spacial score (nSPS) is 15.0. The van der Waals surface area contributed by atoms with Gasteiger partial charge in [-0.3, -0.25) is 9.59 Å². The SMILES string of the molecule is C/C=C(\C#N)N1C(=O)c2ccccc2C1=O. The van der Waals surface area contributed by atoms with Crippen LogP contribution >= 0.6 is 0 Å². The summed E-state index contributed by atoms with van der Waals surface area (Å²) in [4.78, 5) is 24.7. The number of carbonyl (C=O) groups is 2. The highest BCUT2D eigenvalue weighted by Crippen LogP contribution is 2.25. The molecule has 78 valence electrons. The Morgan fingerprint density at radius 1 is 1.25 bits per heavy atom. The number of imide groups is 1. The van der Waals surface area contributed by atoms with E-state index in [1.807, 2.05) is 6.07 Å². The van der Waals surface area contributed by atoms with Crippen molar-refractivity contribution in [1.29, 1.82) is 5.26 Å². The molecule has 1 aliphatic heterocycles. The van der Waals surface area contributed by atoms with Crippen molar-refractivity contribution in [2.75, 3.05) is 0 Å². The second-order valence-corrected chi connectivity index (χ2v) is 3.28. The molecular weight excluding hydrogens is 204 g/mol. The van der Waals surface area contributed by atoms with Gasteiger partial charge in [-0.15, -0.1) is 0 Å². The Kier molecular flexibility index (Phi) is 2.29. The number of hydrogen-bond donors (Lipinski definition) is 0. The average molecular weight is 212 g/mol. The molecule has 2 rings (SSSR count). The van der Waals surface area contributed by atoms with Crippen LogP contribution in [0, 0.1) is 11.3 Å². The van der Waals surface area contributed by atoms with Gasteiger partial charge >= 0.3 is 0 Å². The van der Waals surface area contributed by atoms with Gasteiger partial charge < -0.3 is 0 Å². The maximum absolute atomic E-state index is 11.9. The first-order valence-corrected chi connectivity index (χ1v) is 4.75. The van der Waals surface area contributed by atoms with E-state index in [9.17, 15) is 9.59 Å². The monoisotopic (exact) mass is 212 g/mol. The summed E-state index contributed by atoms with van der Waals surface area (Å²) in [5.74, 6) is -0.870. The minimum atomic E-state index is -0.435. The number of allylic oxidation sites excluding steroid dienone is 2. The molecule has 1 heterocycles. The molecule has 0 fully saturated rings. The molecule has 0 unspecified atom stereocenters. The number of nitrogens with zero attached hydrogens (tertiary/aromatic N) is 2. The van der Waals surface area contributed by atoms with Crippen LogP contribution in [0.3, 0.4) is 0 Å². The summed E-state index contributed by atoms with van der Waals surface area (Å²) in [6, 6.07) is 8.38. The lowest BCUT2D eigenvalue weighted by molar-refractivity contribution is 0.0710. The fourth-order valence-corrected chi connectivity index (χ4v) is 1.65. The van der Waals surface area contributed by atoms with Gasteiger partial charge in [0.2, 0.25) is 0 Å². The topological polar surface area (TPSA) is 61.2 Å². The third kappa shape index (κ3) is 1.22. The number of rotatable bonds is 1. The van der Waals surface area contributed by atoms with E-state index in [0.717, 1.165) is 4.90 Å². The second kappa shape index (κ2) is 3.63. The van der Waals surface area contributed by atoms with Crippen LogP contribution < -0.4 is 0 Å². The summed E-state index contributed by atoms with van der Waals surface area (Å²) in [7, 11) is 0. The number of nitriles is 1. The Balaban J connectivity index is 2.56. The zero-order chi connectivity index (χ0) is 11.7. The molecule has 0 spiro atoms. The van der Waals surface area contributed by atoms with E-state index in [1.165, 1.54) is 6.08 Å². The lowest BCUT2D eigenvalue weighted by atomic mass is 10.1. The van der Waals surface area contributed by atoms with Crippen LogP contribution in [0.25, 0.3) is 0 Å². The van der Waals surface area contributed by atoms with Gasteiger partial charge in [0, 0.05) is 0 Å². The highest BCUT2D eigenvalue weighted by Gasteiger charge is 2.37. The highest BCUT2D eigenvalue weighted by molar-refractivity contribution is 6.22. The van der Waals surface area contributed by atoms with Gasteiger partial charge in [0.15, 0.2) is 0 Å². The van der Waals surface area contributed by atoms with Gasteiger partial charge in [0.25, 0.3) is 11.8 Å². The van der Waals surface area contributed by atoms with Gasteiger partial charge in [-0.25, -0.2) is 4.90 Å². The van der Waals surface area contributed by atoms with E-state index in [-0.39, 0.29) is 5.70 Å². The number of amides is 2. The molecule has 0 saturated carbocycles. The molecule has 4 nitrogen and oxygen atoms in total. The number of carbonyl (C=O) groups excluding carboxylic acids is 2. The summed E-state index contributed by atoms with van der Waals surface area (Å²) in [5.41, 5.74) is 0.760. The van der Waals surface area contributed by atoms with Crippen LogP contribution in [-0.2, 0) is 0 Å². The van der Waals surface area contributed by atoms with E-state index in [2.05, 4.69) is 0 Å². The minimum Gasteiger partial charge on any atom is -0.268 e. The zero-order valence-electron chi connectivity index (χ0n) is 8.60. The Hall–Kier alpha value is -2.41. The lowest BCUT2D eigenvalue weighted by Gasteiger charge is -2.10. The van der Waals surface area contributed by atoms with Crippen LogP contribution in [0.15, 0.2) is 36.0 Å². The fraction of sp³-hybridized carbons (Fsp3) is 0.0833. The molecule has 0 bridgehead atoms. The van der Waals surface area contributed by atoms with Crippen LogP contribution in [0.1, 0.15) is 27.6 Å². The summed E-state index contributed by atoms with van der Waals surface area (Å²) in [6.45, 7) is 1.61. The molecule has 0 saturated heterocycles. The first-order valence-electron chi connectivity index (χ1n) is 4.75. The Bertz CT molecular complexity index is 517. The Labute approximate surface area is 92.4 Å². The molecular formula is C12H8N2O2. The smallest absolute Gasteiger partial charge is 0.266 e. The predicted octanol–water partition coefficient (Wildman–Crippen LogP) is 1.71. The summed E-state index contributed by atoms with van der Waals surface area (Å²) >= 11 is 0. The van der Waals surface area contributed by atoms with Crippen LogP contribution in [0.2, 0.25) is 0 Å². The van der Waals surface area contributed by atoms with E-state index < -0.39 is 11.8 Å². The van der Waals surface area contributed by atoms with Crippen molar-refractivity contribution < 1.29 is 9.59 Å². The van der Waals surface area contributed by atoms with Gasteiger partial charge in [0.1, 0.15) is 11.8 Å². The molecule has 1 aromatic carbocycles. The zero-order valence-corrected chi connectivity index (χ0v) is 8.60. The molecule has 1 aliphatic rings. The average Bonchev–Trinajstić information content (AvgIpc) is 2.57. The van der Waals surface area contributed by atoms with E-state index in [1.54, 1.807) is 31.2 Å². The number of benzene rings is 1. The minimum absolute atomic E-state index is 0.0613. The molecule has 0 radical (unpaired) electrons. The maximum atomic E-state index is 11.9. The molecule has 0 aromatic heterocycles. The highest BCUT2D eigenvalue weighted by atomic mass is 16.2. The predicted molar refractivity (Wildman–Crippen MR) is 56.3 cm³/mol. The van der Waals surface area contributed by atoms with Gasteiger partial charge in [-0.2, -0.15) is 5.26 Å². The number of fused-ring (bicyclic) bond motifs is 1. The molecule has 1 aromatic rings. The fourth-order valence-electron chi connectivity index (χ4n) is 1.65. The van der Waals surface area contributed by atoms with Gasteiger partial charge in [0.05, 0.1) is 11.1 Å². The quantitative estimate of drug-likeness (QED) is 0.526. The van der Waals surface area contributed by atoms with E-state index in [0.29, 0.717) is 11.1 Å². The van der Waals surface area contributed by atoms with Crippen molar-refractivity contribution in [3.8, 4) is 6.07 Å². The summed E-state index contributed by atoms with van der Waals surface area (Å²) in [6.07, 6.45) is 1.45. The first-order chi connectivity index (χ1) is 7.70. The maximum Gasteiger partial charge on any atom is 0.266 e. The third-order valence-corrected chi connectivity index (χ3v) is 2.42. The van der Waals surface area contributed by atoms with Crippen molar-refractivity contribution in [2.24, 2.45) is 0 Å². The Morgan fingerprint density at radius 3 is 2.12 bits per heavy atom.